The fourth-order valence-corrected chi connectivity index (χ4v) is 2.24. The lowest BCUT2D eigenvalue weighted by Crippen LogP contribution is -2.25. The zero-order valence-electron chi connectivity index (χ0n) is 11.0. The van der Waals surface area contributed by atoms with Crippen LogP contribution in [0.15, 0.2) is 36.4 Å². The number of anilines is 2. The lowest BCUT2D eigenvalue weighted by molar-refractivity contribution is -0.118. The van der Waals surface area contributed by atoms with E-state index in [4.69, 9.17) is 16.3 Å². The van der Waals surface area contributed by atoms with Crippen molar-refractivity contribution in [2.75, 3.05) is 17.2 Å². The Morgan fingerprint density at radius 2 is 2.14 bits per heavy atom. The standard InChI is InChI=1S/C15H12ClFN2O2/c16-11-5-9(1-3-12(11)17)7-18-10-2-4-13-14(6-10)21-8-15(20)19-13/h1-6,18H,7-8H2,(H,19,20). The average molecular weight is 307 g/mol. The molecule has 1 amide bonds. The number of halogens is 2. The van der Waals surface area contributed by atoms with Crippen LogP contribution in [-0.4, -0.2) is 12.5 Å². The van der Waals surface area contributed by atoms with Crippen LogP contribution in [0.1, 0.15) is 5.56 Å². The molecule has 4 nitrogen and oxygen atoms in total. The first-order chi connectivity index (χ1) is 10.1. The highest BCUT2D eigenvalue weighted by molar-refractivity contribution is 6.30. The van der Waals surface area contributed by atoms with Gasteiger partial charge in [-0.2, -0.15) is 0 Å². The van der Waals surface area contributed by atoms with E-state index in [1.165, 1.54) is 6.07 Å². The number of benzene rings is 2. The molecule has 2 aromatic rings. The summed E-state index contributed by atoms with van der Waals surface area (Å²) in [6.45, 7) is 0.523. The molecule has 108 valence electrons. The van der Waals surface area contributed by atoms with Gasteiger partial charge in [0.05, 0.1) is 10.7 Å². The Bertz CT molecular complexity index is 706. The van der Waals surface area contributed by atoms with Crippen LogP contribution in [0.3, 0.4) is 0 Å². The Morgan fingerprint density at radius 1 is 1.29 bits per heavy atom. The predicted octanol–water partition coefficient (Wildman–Crippen LogP) is 3.42. The Morgan fingerprint density at radius 3 is 2.95 bits per heavy atom. The van der Waals surface area contributed by atoms with E-state index >= 15 is 0 Å². The molecule has 0 saturated carbocycles. The number of amides is 1. The zero-order chi connectivity index (χ0) is 14.8. The summed E-state index contributed by atoms with van der Waals surface area (Å²) < 4.78 is 18.4. The average Bonchev–Trinajstić information content (AvgIpc) is 2.48. The summed E-state index contributed by atoms with van der Waals surface area (Å²) in [5.74, 6) is 0.0271. The fraction of sp³-hybridized carbons (Fsp3) is 0.133. The van der Waals surface area contributed by atoms with Crippen LogP contribution in [0.5, 0.6) is 5.75 Å². The van der Waals surface area contributed by atoms with Crippen LogP contribution >= 0.6 is 11.6 Å². The molecule has 1 aliphatic heterocycles. The minimum Gasteiger partial charge on any atom is -0.482 e. The van der Waals surface area contributed by atoms with Crippen LogP contribution in [0.4, 0.5) is 15.8 Å². The van der Waals surface area contributed by atoms with Crippen LogP contribution in [-0.2, 0) is 11.3 Å². The molecule has 1 aliphatic rings. The van der Waals surface area contributed by atoms with Gasteiger partial charge < -0.3 is 15.4 Å². The minimum atomic E-state index is -0.432. The highest BCUT2D eigenvalue weighted by Gasteiger charge is 2.15. The number of carbonyl (C=O) groups excluding carboxylic acids is 1. The van der Waals surface area contributed by atoms with Gasteiger partial charge in [-0.05, 0) is 29.8 Å². The molecular formula is C15H12ClFN2O2. The maximum atomic E-state index is 13.1. The van der Waals surface area contributed by atoms with Crippen LogP contribution in [0.2, 0.25) is 5.02 Å². The number of nitrogens with one attached hydrogen (secondary N) is 2. The quantitative estimate of drug-likeness (QED) is 0.913. The predicted molar refractivity (Wildman–Crippen MR) is 79.3 cm³/mol. The first kappa shape index (κ1) is 13.7. The molecule has 0 aliphatic carbocycles. The van der Waals surface area contributed by atoms with Crippen molar-refractivity contribution in [2.45, 2.75) is 6.54 Å². The van der Waals surface area contributed by atoms with Gasteiger partial charge in [-0.25, -0.2) is 4.39 Å². The normalized spacial score (nSPS) is 13.1. The maximum absolute atomic E-state index is 13.1. The number of hydrogen-bond acceptors (Lipinski definition) is 3. The molecule has 0 radical (unpaired) electrons. The molecule has 0 aromatic heterocycles. The molecule has 1 heterocycles. The van der Waals surface area contributed by atoms with E-state index in [9.17, 15) is 9.18 Å². The van der Waals surface area contributed by atoms with E-state index in [-0.39, 0.29) is 17.5 Å². The van der Waals surface area contributed by atoms with E-state index in [1.54, 1.807) is 24.3 Å². The van der Waals surface area contributed by atoms with Gasteiger partial charge in [-0.3, -0.25) is 4.79 Å². The van der Waals surface area contributed by atoms with Gasteiger partial charge in [0.1, 0.15) is 11.6 Å². The highest BCUT2D eigenvalue weighted by Crippen LogP contribution is 2.30. The highest BCUT2D eigenvalue weighted by atomic mass is 35.5. The Labute approximate surface area is 125 Å². The summed E-state index contributed by atoms with van der Waals surface area (Å²) in [6.07, 6.45) is 0. The van der Waals surface area contributed by atoms with Gasteiger partial charge in [0.15, 0.2) is 6.61 Å². The smallest absolute Gasteiger partial charge is 0.262 e. The van der Waals surface area contributed by atoms with Gasteiger partial charge in [-0.15, -0.1) is 0 Å². The van der Waals surface area contributed by atoms with Crippen molar-refractivity contribution in [3.05, 3.63) is 52.8 Å². The van der Waals surface area contributed by atoms with Crippen molar-refractivity contribution in [1.82, 2.24) is 0 Å². The second kappa shape index (κ2) is 5.61. The second-order valence-corrected chi connectivity index (χ2v) is 5.06. The first-order valence-electron chi connectivity index (χ1n) is 6.36. The molecule has 6 heteroatoms. The number of hydrogen-bond donors (Lipinski definition) is 2. The van der Waals surface area contributed by atoms with Crippen molar-refractivity contribution in [3.63, 3.8) is 0 Å². The maximum Gasteiger partial charge on any atom is 0.262 e. The summed E-state index contributed by atoms with van der Waals surface area (Å²) in [6, 6.07) is 10.00. The molecule has 0 unspecified atom stereocenters. The topological polar surface area (TPSA) is 50.4 Å². The van der Waals surface area contributed by atoms with Crippen molar-refractivity contribution in [2.24, 2.45) is 0 Å². The Hall–Kier alpha value is -2.27. The van der Waals surface area contributed by atoms with Gasteiger partial charge in [-0.1, -0.05) is 17.7 Å². The van der Waals surface area contributed by atoms with E-state index in [1.807, 2.05) is 6.07 Å². The summed E-state index contributed by atoms with van der Waals surface area (Å²) in [5, 5.41) is 6.02. The number of ether oxygens (including phenoxy) is 1. The van der Waals surface area contributed by atoms with Crippen LogP contribution in [0.25, 0.3) is 0 Å². The van der Waals surface area contributed by atoms with Crippen LogP contribution in [0, 0.1) is 5.82 Å². The summed E-state index contributed by atoms with van der Waals surface area (Å²) in [7, 11) is 0. The Kier molecular flexibility index (Phi) is 3.66. The monoisotopic (exact) mass is 306 g/mol. The lowest BCUT2D eigenvalue weighted by Gasteiger charge is -2.19. The van der Waals surface area contributed by atoms with Crippen molar-refractivity contribution in [3.8, 4) is 5.75 Å². The number of fused-ring (bicyclic) bond motifs is 1. The van der Waals surface area contributed by atoms with Gasteiger partial charge >= 0.3 is 0 Å². The lowest BCUT2D eigenvalue weighted by atomic mass is 10.2. The number of carbonyl (C=O) groups is 1. The molecule has 2 aromatic carbocycles. The zero-order valence-corrected chi connectivity index (χ0v) is 11.7. The SMILES string of the molecule is O=C1COc2cc(NCc3ccc(F)c(Cl)c3)ccc2N1. The van der Waals surface area contributed by atoms with Crippen molar-refractivity contribution < 1.29 is 13.9 Å². The largest absolute Gasteiger partial charge is 0.482 e. The number of rotatable bonds is 3. The third kappa shape index (κ3) is 3.08. The van der Waals surface area contributed by atoms with E-state index in [0.717, 1.165) is 11.3 Å². The molecule has 0 atom stereocenters. The molecule has 21 heavy (non-hydrogen) atoms. The van der Waals surface area contributed by atoms with E-state index in [2.05, 4.69) is 10.6 Å². The first-order valence-corrected chi connectivity index (χ1v) is 6.74. The summed E-state index contributed by atoms with van der Waals surface area (Å²) >= 11 is 5.74. The third-order valence-electron chi connectivity index (χ3n) is 3.10. The molecule has 3 rings (SSSR count). The van der Waals surface area contributed by atoms with Crippen molar-refractivity contribution in [1.29, 1.82) is 0 Å². The van der Waals surface area contributed by atoms with Crippen LogP contribution < -0.4 is 15.4 Å². The molecule has 0 bridgehead atoms. The van der Waals surface area contributed by atoms with E-state index in [0.29, 0.717) is 18.0 Å². The molecule has 0 saturated heterocycles. The van der Waals surface area contributed by atoms with Crippen molar-refractivity contribution >= 4 is 28.9 Å². The molecule has 2 N–H and O–H groups in total. The van der Waals surface area contributed by atoms with Gasteiger partial charge in [0.25, 0.3) is 5.91 Å². The Balaban J connectivity index is 1.71. The molecule has 0 spiro atoms. The molecular weight excluding hydrogens is 295 g/mol. The summed E-state index contributed by atoms with van der Waals surface area (Å²) in [4.78, 5) is 11.2. The molecule has 0 fully saturated rings. The third-order valence-corrected chi connectivity index (χ3v) is 3.38. The summed E-state index contributed by atoms with van der Waals surface area (Å²) in [5.41, 5.74) is 2.36. The van der Waals surface area contributed by atoms with E-state index < -0.39 is 5.82 Å². The second-order valence-electron chi connectivity index (χ2n) is 4.65. The fourth-order valence-electron chi connectivity index (χ4n) is 2.04. The van der Waals surface area contributed by atoms with Gasteiger partial charge in [0.2, 0.25) is 0 Å². The minimum absolute atomic E-state index is 0.0179. The van der Waals surface area contributed by atoms with Gasteiger partial charge in [0, 0.05) is 18.3 Å².